The number of hydrogen-bond acceptors (Lipinski definition) is 5. The van der Waals surface area contributed by atoms with E-state index in [-0.39, 0.29) is 29.9 Å². The maximum absolute atomic E-state index is 12.4. The lowest BCUT2D eigenvalue weighted by atomic mass is 9.87. The minimum Gasteiger partial charge on any atom is -0.369 e. The fraction of sp³-hybridized carbons (Fsp3) is 0.263. The van der Waals surface area contributed by atoms with E-state index in [1.54, 1.807) is 30.3 Å². The summed E-state index contributed by atoms with van der Waals surface area (Å²) in [5, 5.41) is 3.26. The normalized spacial score (nSPS) is 19.6. The number of aliphatic imine (C=N–C) groups is 1. The van der Waals surface area contributed by atoms with Crippen LogP contribution in [0.15, 0.2) is 47.6 Å². The molecule has 1 aromatic carbocycles. The number of benzene rings is 1. The number of carbonyl (C=O) groups is 2. The van der Waals surface area contributed by atoms with Crippen molar-refractivity contribution in [1.82, 2.24) is 9.88 Å². The van der Waals surface area contributed by atoms with Crippen LogP contribution in [0.4, 0.5) is 5.69 Å². The number of nitrogens with two attached hydrogens (primary N) is 1. The van der Waals surface area contributed by atoms with Gasteiger partial charge in [-0.2, -0.15) is 0 Å². The molecule has 2 aromatic rings. The van der Waals surface area contributed by atoms with Gasteiger partial charge in [-0.1, -0.05) is 23.7 Å². The summed E-state index contributed by atoms with van der Waals surface area (Å²) in [7, 11) is 0. The SMILES string of the molecule is CCN1C(=O)C[C@@](C)(c2cccc(NC(=O)c3ccc(Cl)cn3)c2)N=C1N. The first-order valence-electron chi connectivity index (χ1n) is 8.51. The number of nitrogens with zero attached hydrogens (tertiary/aromatic N) is 3. The Morgan fingerprint density at radius 1 is 1.37 bits per heavy atom. The molecular formula is C19H20ClN5O2. The second-order valence-corrected chi connectivity index (χ2v) is 6.89. The number of anilines is 1. The van der Waals surface area contributed by atoms with Gasteiger partial charge >= 0.3 is 0 Å². The molecule has 0 unspecified atom stereocenters. The molecule has 0 fully saturated rings. The van der Waals surface area contributed by atoms with Crippen LogP contribution < -0.4 is 11.1 Å². The van der Waals surface area contributed by atoms with Gasteiger partial charge in [-0.3, -0.25) is 14.5 Å². The quantitative estimate of drug-likeness (QED) is 0.844. The summed E-state index contributed by atoms with van der Waals surface area (Å²) in [6, 6.07) is 10.4. The summed E-state index contributed by atoms with van der Waals surface area (Å²) in [5.74, 6) is -0.225. The van der Waals surface area contributed by atoms with Crippen LogP contribution >= 0.6 is 11.6 Å². The van der Waals surface area contributed by atoms with Crippen molar-refractivity contribution in [2.45, 2.75) is 25.8 Å². The highest BCUT2D eigenvalue weighted by Crippen LogP contribution is 2.34. The van der Waals surface area contributed by atoms with Crippen molar-refractivity contribution in [3.63, 3.8) is 0 Å². The third-order valence-corrected chi connectivity index (χ3v) is 4.68. The second kappa shape index (κ2) is 7.36. The average molecular weight is 386 g/mol. The maximum Gasteiger partial charge on any atom is 0.274 e. The molecule has 2 heterocycles. The largest absolute Gasteiger partial charge is 0.369 e. The summed E-state index contributed by atoms with van der Waals surface area (Å²) >= 11 is 5.80. The topological polar surface area (TPSA) is 101 Å². The van der Waals surface area contributed by atoms with Gasteiger partial charge in [0, 0.05) is 18.4 Å². The molecular weight excluding hydrogens is 366 g/mol. The summed E-state index contributed by atoms with van der Waals surface area (Å²) < 4.78 is 0. The predicted octanol–water partition coefficient (Wildman–Crippen LogP) is 2.77. The molecule has 0 bridgehead atoms. The number of halogens is 1. The Hall–Kier alpha value is -2.93. The Kier molecular flexibility index (Phi) is 5.14. The van der Waals surface area contributed by atoms with E-state index < -0.39 is 5.54 Å². The van der Waals surface area contributed by atoms with E-state index in [1.165, 1.54) is 11.1 Å². The number of rotatable bonds is 4. The van der Waals surface area contributed by atoms with E-state index in [2.05, 4.69) is 15.3 Å². The van der Waals surface area contributed by atoms with Crippen molar-refractivity contribution < 1.29 is 9.59 Å². The van der Waals surface area contributed by atoms with Crippen molar-refractivity contribution in [2.24, 2.45) is 10.7 Å². The zero-order valence-corrected chi connectivity index (χ0v) is 15.8. The molecule has 0 saturated heterocycles. The third-order valence-electron chi connectivity index (χ3n) is 4.45. The summed E-state index contributed by atoms with van der Waals surface area (Å²) in [6.45, 7) is 4.19. The van der Waals surface area contributed by atoms with Gasteiger partial charge in [-0.15, -0.1) is 0 Å². The van der Waals surface area contributed by atoms with E-state index in [0.29, 0.717) is 17.3 Å². The lowest BCUT2D eigenvalue weighted by Crippen LogP contribution is -2.49. The van der Waals surface area contributed by atoms with Gasteiger partial charge in [0.25, 0.3) is 5.91 Å². The van der Waals surface area contributed by atoms with Crippen LogP contribution in [0.25, 0.3) is 0 Å². The van der Waals surface area contributed by atoms with Crippen LogP contribution in [0.2, 0.25) is 5.02 Å². The molecule has 1 aromatic heterocycles. The minimum atomic E-state index is -0.786. The van der Waals surface area contributed by atoms with Crippen molar-refractivity contribution in [1.29, 1.82) is 0 Å². The van der Waals surface area contributed by atoms with Crippen molar-refractivity contribution in [3.05, 3.63) is 58.9 Å². The molecule has 1 atom stereocenters. The molecule has 140 valence electrons. The first-order chi connectivity index (χ1) is 12.8. The van der Waals surface area contributed by atoms with Gasteiger partial charge in [-0.05, 0) is 43.7 Å². The van der Waals surface area contributed by atoms with Gasteiger partial charge in [0.05, 0.1) is 17.0 Å². The lowest BCUT2D eigenvalue weighted by molar-refractivity contribution is -0.129. The highest BCUT2D eigenvalue weighted by molar-refractivity contribution is 6.30. The number of pyridine rings is 1. The van der Waals surface area contributed by atoms with Crippen LogP contribution in [0, 0.1) is 0 Å². The molecule has 0 radical (unpaired) electrons. The fourth-order valence-electron chi connectivity index (χ4n) is 3.01. The summed E-state index contributed by atoms with van der Waals surface area (Å²) in [5.41, 5.74) is 6.80. The van der Waals surface area contributed by atoms with Crippen LogP contribution in [0.1, 0.15) is 36.3 Å². The van der Waals surface area contributed by atoms with Gasteiger partial charge in [-0.25, -0.2) is 9.98 Å². The number of carbonyl (C=O) groups excluding carboxylic acids is 2. The standard InChI is InChI=1S/C19H20ClN5O2/c1-3-25-16(26)10-19(2,24-18(25)21)12-5-4-6-14(9-12)23-17(27)15-8-7-13(20)11-22-15/h4-9,11H,3,10H2,1-2H3,(H2,21,24)(H,23,27)/t19-/m0/s1. The van der Waals surface area contributed by atoms with Gasteiger partial charge in [0.15, 0.2) is 5.96 Å². The summed E-state index contributed by atoms with van der Waals surface area (Å²) in [4.78, 5) is 34.7. The van der Waals surface area contributed by atoms with Crippen molar-refractivity contribution in [2.75, 3.05) is 11.9 Å². The van der Waals surface area contributed by atoms with Crippen LogP contribution in [-0.2, 0) is 10.3 Å². The molecule has 8 heteroatoms. The Morgan fingerprint density at radius 3 is 2.78 bits per heavy atom. The number of amides is 2. The predicted molar refractivity (Wildman–Crippen MR) is 105 cm³/mol. The zero-order valence-electron chi connectivity index (χ0n) is 15.1. The molecule has 27 heavy (non-hydrogen) atoms. The Morgan fingerprint density at radius 2 is 2.15 bits per heavy atom. The maximum atomic E-state index is 12.4. The van der Waals surface area contributed by atoms with Crippen LogP contribution in [0.5, 0.6) is 0 Å². The summed E-state index contributed by atoms with van der Waals surface area (Å²) in [6.07, 6.45) is 1.62. The van der Waals surface area contributed by atoms with Crippen molar-refractivity contribution in [3.8, 4) is 0 Å². The Bertz CT molecular complexity index is 913. The molecule has 3 N–H and O–H groups in total. The molecule has 0 spiro atoms. The van der Waals surface area contributed by atoms with E-state index in [4.69, 9.17) is 17.3 Å². The Labute approximate surface area is 162 Å². The van der Waals surface area contributed by atoms with E-state index in [1.807, 2.05) is 19.9 Å². The van der Waals surface area contributed by atoms with E-state index in [0.717, 1.165) is 5.56 Å². The minimum absolute atomic E-state index is 0.0766. The van der Waals surface area contributed by atoms with Gasteiger partial charge < -0.3 is 11.1 Å². The van der Waals surface area contributed by atoms with Gasteiger partial charge in [0.1, 0.15) is 5.69 Å². The molecule has 7 nitrogen and oxygen atoms in total. The highest BCUT2D eigenvalue weighted by Gasteiger charge is 2.37. The lowest BCUT2D eigenvalue weighted by Gasteiger charge is -2.35. The van der Waals surface area contributed by atoms with Crippen LogP contribution in [0.3, 0.4) is 0 Å². The average Bonchev–Trinajstić information content (AvgIpc) is 2.62. The Balaban J connectivity index is 1.85. The number of aromatic nitrogens is 1. The number of nitrogens with one attached hydrogen (secondary N) is 1. The molecule has 1 aliphatic heterocycles. The van der Waals surface area contributed by atoms with Crippen molar-refractivity contribution >= 4 is 35.1 Å². The van der Waals surface area contributed by atoms with E-state index in [9.17, 15) is 9.59 Å². The first kappa shape index (κ1) is 18.8. The van der Waals surface area contributed by atoms with Crippen LogP contribution in [-0.4, -0.2) is 34.2 Å². The monoisotopic (exact) mass is 385 g/mol. The van der Waals surface area contributed by atoms with E-state index >= 15 is 0 Å². The fourth-order valence-corrected chi connectivity index (χ4v) is 3.12. The first-order valence-corrected chi connectivity index (χ1v) is 8.89. The molecule has 3 rings (SSSR count). The molecule has 0 saturated carbocycles. The number of hydrogen-bond donors (Lipinski definition) is 2. The molecule has 0 aliphatic carbocycles. The molecule has 2 amide bonds. The molecule has 1 aliphatic rings. The van der Waals surface area contributed by atoms with Gasteiger partial charge in [0.2, 0.25) is 5.91 Å². The second-order valence-electron chi connectivity index (χ2n) is 6.46. The third kappa shape index (κ3) is 3.93. The highest BCUT2D eigenvalue weighted by atomic mass is 35.5. The smallest absolute Gasteiger partial charge is 0.274 e. The zero-order chi connectivity index (χ0) is 19.6. The number of guanidine groups is 1.